The first-order valence-corrected chi connectivity index (χ1v) is 10.2. The lowest BCUT2D eigenvalue weighted by atomic mass is 9.84. The molecule has 4 aliphatic heterocycles. The van der Waals surface area contributed by atoms with Crippen molar-refractivity contribution in [1.82, 2.24) is 15.1 Å². The normalized spacial score (nSPS) is 29.3. The summed E-state index contributed by atoms with van der Waals surface area (Å²) < 4.78 is 0. The minimum atomic E-state index is -0.00256. The number of rotatable bonds is 2. The zero-order chi connectivity index (χ0) is 18.2. The molecule has 4 heteroatoms. The van der Waals surface area contributed by atoms with Crippen LogP contribution in [0.2, 0.25) is 0 Å². The number of nitrogens with one attached hydrogen (secondary N) is 1. The standard InChI is InChI=1S/C23H27N3O/c27-23(24-21-16-25-13-10-18(21)11-14-25)26-15-12-17-6-4-5-9-20(17)22(26)19-7-2-1-3-8-19/h1-9,18,21-22H,10-16H2,(H,24,27)/t21-,22-/m0/s1. The van der Waals surface area contributed by atoms with Crippen molar-refractivity contribution < 1.29 is 4.79 Å². The Morgan fingerprint density at radius 3 is 2.41 bits per heavy atom. The Hall–Kier alpha value is -2.33. The molecule has 0 saturated carbocycles. The molecule has 2 atom stereocenters. The molecule has 2 aromatic rings. The van der Waals surface area contributed by atoms with Gasteiger partial charge in [-0.1, -0.05) is 54.6 Å². The van der Waals surface area contributed by atoms with Crippen LogP contribution in [0.25, 0.3) is 0 Å². The molecule has 27 heavy (non-hydrogen) atoms. The third kappa shape index (κ3) is 3.12. The SMILES string of the molecule is O=C(N[C@H]1CN2CCC1CC2)N1CCc2ccccc2[C@@H]1c1ccccc1. The molecule has 140 valence electrons. The van der Waals surface area contributed by atoms with E-state index in [-0.39, 0.29) is 12.1 Å². The quantitative estimate of drug-likeness (QED) is 0.889. The van der Waals surface area contributed by atoms with E-state index >= 15 is 0 Å². The van der Waals surface area contributed by atoms with Gasteiger partial charge < -0.3 is 15.1 Å². The van der Waals surface area contributed by atoms with Gasteiger partial charge in [0.2, 0.25) is 0 Å². The average Bonchev–Trinajstić information content (AvgIpc) is 2.74. The number of fused-ring (bicyclic) bond motifs is 4. The third-order valence-corrected chi connectivity index (χ3v) is 6.62. The first-order chi connectivity index (χ1) is 13.3. The molecule has 0 aliphatic carbocycles. The van der Waals surface area contributed by atoms with Gasteiger partial charge in [0.15, 0.2) is 0 Å². The van der Waals surface area contributed by atoms with Crippen molar-refractivity contribution in [3.8, 4) is 0 Å². The van der Waals surface area contributed by atoms with Gasteiger partial charge in [-0.3, -0.25) is 0 Å². The molecule has 0 unspecified atom stereocenters. The highest BCUT2D eigenvalue weighted by Gasteiger charge is 2.38. The highest BCUT2D eigenvalue weighted by atomic mass is 16.2. The summed E-state index contributed by atoms with van der Waals surface area (Å²) in [6, 6.07) is 19.4. The van der Waals surface area contributed by atoms with Gasteiger partial charge in [0.1, 0.15) is 0 Å². The van der Waals surface area contributed by atoms with Crippen LogP contribution in [0.15, 0.2) is 54.6 Å². The lowest BCUT2D eigenvalue weighted by Gasteiger charge is -2.46. The number of piperidine rings is 3. The molecule has 4 aliphatic rings. The van der Waals surface area contributed by atoms with E-state index < -0.39 is 0 Å². The summed E-state index contributed by atoms with van der Waals surface area (Å²) in [6.07, 6.45) is 3.36. The van der Waals surface area contributed by atoms with Crippen LogP contribution < -0.4 is 5.32 Å². The molecular formula is C23H27N3O. The van der Waals surface area contributed by atoms with Crippen molar-refractivity contribution in [2.24, 2.45) is 5.92 Å². The van der Waals surface area contributed by atoms with Crippen LogP contribution in [0, 0.1) is 5.92 Å². The Bertz CT molecular complexity index is 813. The van der Waals surface area contributed by atoms with Crippen molar-refractivity contribution in [1.29, 1.82) is 0 Å². The second kappa shape index (κ2) is 7.01. The van der Waals surface area contributed by atoms with Crippen LogP contribution in [0.4, 0.5) is 4.79 Å². The maximum atomic E-state index is 13.3. The average molecular weight is 361 g/mol. The zero-order valence-corrected chi connectivity index (χ0v) is 15.7. The maximum Gasteiger partial charge on any atom is 0.318 e. The zero-order valence-electron chi connectivity index (χ0n) is 15.7. The van der Waals surface area contributed by atoms with E-state index in [9.17, 15) is 4.79 Å². The number of hydrogen-bond donors (Lipinski definition) is 1. The molecule has 4 heterocycles. The fourth-order valence-corrected chi connectivity index (χ4v) is 5.15. The van der Waals surface area contributed by atoms with Gasteiger partial charge in [0.25, 0.3) is 0 Å². The predicted octanol–water partition coefficient (Wildman–Crippen LogP) is 3.44. The van der Waals surface area contributed by atoms with Gasteiger partial charge >= 0.3 is 6.03 Å². The molecular weight excluding hydrogens is 334 g/mol. The molecule has 1 N–H and O–H groups in total. The first-order valence-electron chi connectivity index (χ1n) is 10.2. The number of nitrogens with zero attached hydrogens (tertiary/aromatic N) is 2. The van der Waals surface area contributed by atoms with Crippen molar-refractivity contribution in [3.63, 3.8) is 0 Å². The number of carbonyl (C=O) groups excluding carboxylic acids is 1. The van der Waals surface area contributed by atoms with E-state index in [1.54, 1.807) is 0 Å². The molecule has 2 bridgehead atoms. The number of urea groups is 1. The van der Waals surface area contributed by atoms with Crippen molar-refractivity contribution in [2.75, 3.05) is 26.2 Å². The Morgan fingerprint density at radius 2 is 1.67 bits per heavy atom. The fourth-order valence-electron chi connectivity index (χ4n) is 5.15. The lowest BCUT2D eigenvalue weighted by Crippen LogP contribution is -2.59. The number of carbonyl (C=O) groups is 1. The van der Waals surface area contributed by atoms with Gasteiger partial charge in [-0.25, -0.2) is 4.79 Å². The van der Waals surface area contributed by atoms with Gasteiger partial charge in [-0.05, 0) is 55.0 Å². The van der Waals surface area contributed by atoms with Crippen LogP contribution >= 0.6 is 0 Å². The predicted molar refractivity (Wildman–Crippen MR) is 107 cm³/mol. The van der Waals surface area contributed by atoms with E-state index in [1.807, 2.05) is 6.07 Å². The molecule has 3 fully saturated rings. The smallest absolute Gasteiger partial charge is 0.318 e. The number of amides is 2. The minimum Gasteiger partial charge on any atom is -0.334 e. The summed E-state index contributed by atoms with van der Waals surface area (Å²) >= 11 is 0. The maximum absolute atomic E-state index is 13.3. The van der Waals surface area contributed by atoms with E-state index in [0.29, 0.717) is 12.0 Å². The van der Waals surface area contributed by atoms with Crippen molar-refractivity contribution in [3.05, 3.63) is 71.3 Å². The van der Waals surface area contributed by atoms with Crippen LogP contribution in [0.5, 0.6) is 0 Å². The van der Waals surface area contributed by atoms with Crippen LogP contribution in [-0.4, -0.2) is 48.1 Å². The monoisotopic (exact) mass is 361 g/mol. The lowest BCUT2D eigenvalue weighted by molar-refractivity contribution is 0.0715. The third-order valence-electron chi connectivity index (χ3n) is 6.62. The Morgan fingerprint density at radius 1 is 0.926 bits per heavy atom. The second-order valence-electron chi connectivity index (χ2n) is 8.15. The summed E-state index contributed by atoms with van der Waals surface area (Å²) in [6.45, 7) is 4.17. The van der Waals surface area contributed by atoms with E-state index in [0.717, 1.165) is 19.5 Å². The molecule has 2 aromatic carbocycles. The van der Waals surface area contributed by atoms with E-state index in [2.05, 4.69) is 63.6 Å². The highest BCUT2D eigenvalue weighted by molar-refractivity contribution is 5.76. The van der Waals surface area contributed by atoms with Gasteiger partial charge in [0.05, 0.1) is 6.04 Å². The van der Waals surface area contributed by atoms with Gasteiger partial charge in [-0.15, -0.1) is 0 Å². The summed E-state index contributed by atoms with van der Waals surface area (Å²) in [5.41, 5.74) is 3.81. The van der Waals surface area contributed by atoms with Crippen LogP contribution in [-0.2, 0) is 6.42 Å². The summed E-state index contributed by atoms with van der Waals surface area (Å²) in [7, 11) is 0. The second-order valence-corrected chi connectivity index (χ2v) is 8.15. The molecule has 0 radical (unpaired) electrons. The number of hydrogen-bond acceptors (Lipinski definition) is 2. The largest absolute Gasteiger partial charge is 0.334 e. The molecule has 3 saturated heterocycles. The topological polar surface area (TPSA) is 35.6 Å². The molecule has 0 spiro atoms. The Kier molecular flexibility index (Phi) is 4.36. The Labute approximate surface area is 161 Å². The summed E-state index contributed by atoms with van der Waals surface area (Å²) in [4.78, 5) is 17.9. The first kappa shape index (κ1) is 16.8. The van der Waals surface area contributed by atoms with Crippen LogP contribution in [0.1, 0.15) is 35.6 Å². The van der Waals surface area contributed by atoms with Gasteiger partial charge in [-0.2, -0.15) is 0 Å². The minimum absolute atomic E-state index is 0.00256. The van der Waals surface area contributed by atoms with E-state index in [1.165, 1.54) is 42.6 Å². The molecule has 6 rings (SSSR count). The van der Waals surface area contributed by atoms with Crippen molar-refractivity contribution in [2.45, 2.75) is 31.3 Å². The summed E-state index contributed by atoms with van der Waals surface area (Å²) in [5, 5.41) is 3.40. The van der Waals surface area contributed by atoms with E-state index in [4.69, 9.17) is 0 Å². The molecule has 2 amide bonds. The summed E-state index contributed by atoms with van der Waals surface area (Å²) in [5.74, 6) is 0.645. The molecule has 4 nitrogen and oxygen atoms in total. The van der Waals surface area contributed by atoms with Crippen LogP contribution in [0.3, 0.4) is 0 Å². The highest BCUT2D eigenvalue weighted by Crippen LogP contribution is 2.35. The van der Waals surface area contributed by atoms with Gasteiger partial charge in [0, 0.05) is 19.1 Å². The van der Waals surface area contributed by atoms with Crippen molar-refractivity contribution >= 4 is 6.03 Å². The molecule has 0 aromatic heterocycles. The Balaban J connectivity index is 1.43. The fraction of sp³-hybridized carbons (Fsp3) is 0.435. The number of benzene rings is 2.